The number of benzene rings is 2. The Morgan fingerprint density at radius 3 is 1.90 bits per heavy atom. The van der Waals surface area contributed by atoms with Crippen molar-refractivity contribution in [3.8, 4) is 41.2 Å². The van der Waals surface area contributed by atoms with Crippen LogP contribution >= 0.6 is 23.2 Å². The van der Waals surface area contributed by atoms with Crippen LogP contribution in [-0.2, 0) is 7.05 Å². The van der Waals surface area contributed by atoms with Crippen molar-refractivity contribution in [1.29, 1.82) is 0 Å². The fourth-order valence-electron chi connectivity index (χ4n) is 2.53. The van der Waals surface area contributed by atoms with Crippen molar-refractivity contribution in [2.24, 2.45) is 7.05 Å². The zero-order valence-corrected chi connectivity index (χ0v) is 17.6. The summed E-state index contributed by atoms with van der Waals surface area (Å²) in [6.45, 7) is 3.53. The molecule has 0 unspecified atom stereocenters. The molecule has 0 aliphatic heterocycles. The molecule has 0 bridgehead atoms. The Balaban J connectivity index is 1.67. The normalized spacial score (nSPS) is 10.2. The van der Waals surface area contributed by atoms with Gasteiger partial charge in [-0.3, -0.25) is 0 Å². The van der Waals surface area contributed by atoms with Crippen molar-refractivity contribution in [2.75, 3.05) is 0 Å². The molecule has 0 fully saturated rings. The molecular weight excluding hydrogens is 411 g/mol. The standard InChI is InChI=1S/C22H18Cl2N2O3/c1-5-20-14(2)25-26(4)22(20)29-19-12-10-18(11-13-19)28-17-8-6-16(7-9-17)27-15(3)21(23)24/h1,6-13H,2-4H3. The lowest BCUT2D eigenvalue weighted by atomic mass is 10.2. The van der Waals surface area contributed by atoms with Crippen molar-refractivity contribution in [1.82, 2.24) is 9.78 Å². The number of rotatable bonds is 6. The minimum Gasteiger partial charge on any atom is -0.460 e. The number of aryl methyl sites for hydroxylation is 2. The summed E-state index contributed by atoms with van der Waals surface area (Å²) >= 11 is 11.4. The van der Waals surface area contributed by atoms with Crippen molar-refractivity contribution >= 4 is 23.2 Å². The lowest BCUT2D eigenvalue weighted by Gasteiger charge is -2.10. The summed E-state index contributed by atoms with van der Waals surface area (Å²) in [5, 5.41) is 4.28. The molecule has 0 saturated heterocycles. The number of nitrogens with zero attached hydrogens (tertiary/aromatic N) is 2. The summed E-state index contributed by atoms with van der Waals surface area (Å²) in [5.74, 6) is 6.10. The number of terminal acetylenes is 1. The number of hydrogen-bond donors (Lipinski definition) is 0. The van der Waals surface area contributed by atoms with E-state index in [9.17, 15) is 0 Å². The van der Waals surface area contributed by atoms with Gasteiger partial charge in [-0.05, 0) is 62.4 Å². The molecule has 2 aromatic carbocycles. The van der Waals surface area contributed by atoms with E-state index in [0.717, 1.165) is 5.69 Å². The Labute approximate surface area is 179 Å². The van der Waals surface area contributed by atoms with Crippen LogP contribution in [0.2, 0.25) is 0 Å². The number of allylic oxidation sites excluding steroid dienone is 1. The van der Waals surface area contributed by atoms with Crippen LogP contribution in [0, 0.1) is 19.3 Å². The molecule has 5 nitrogen and oxygen atoms in total. The third-order valence-corrected chi connectivity index (χ3v) is 4.48. The Hall–Kier alpha value is -3.07. The van der Waals surface area contributed by atoms with E-state index in [1.54, 1.807) is 67.2 Å². The maximum atomic E-state index is 5.89. The first kappa shape index (κ1) is 20.7. The molecule has 0 radical (unpaired) electrons. The molecule has 1 aromatic heterocycles. The van der Waals surface area contributed by atoms with Crippen LogP contribution < -0.4 is 14.2 Å². The van der Waals surface area contributed by atoms with E-state index < -0.39 is 0 Å². The molecule has 0 spiro atoms. The predicted molar refractivity (Wildman–Crippen MR) is 114 cm³/mol. The Morgan fingerprint density at radius 1 is 0.931 bits per heavy atom. The molecule has 0 aliphatic rings. The van der Waals surface area contributed by atoms with Crippen LogP contribution in [0.3, 0.4) is 0 Å². The monoisotopic (exact) mass is 428 g/mol. The summed E-state index contributed by atoms with van der Waals surface area (Å²) in [6.07, 6.45) is 5.55. The third kappa shape index (κ3) is 5.05. The van der Waals surface area contributed by atoms with Gasteiger partial charge in [0.05, 0.1) is 5.69 Å². The summed E-state index contributed by atoms with van der Waals surface area (Å²) in [4.78, 5) is 0. The number of hydrogen-bond acceptors (Lipinski definition) is 4. The zero-order chi connectivity index (χ0) is 21.0. The Kier molecular flexibility index (Phi) is 6.38. The fourth-order valence-corrected chi connectivity index (χ4v) is 2.61. The SMILES string of the molecule is C#Cc1c(C)nn(C)c1Oc1ccc(Oc2ccc(OC(C)=C(Cl)Cl)cc2)cc1. The molecule has 0 amide bonds. The maximum absolute atomic E-state index is 5.89. The second kappa shape index (κ2) is 8.95. The lowest BCUT2D eigenvalue weighted by molar-refractivity contribution is 0.424. The van der Waals surface area contributed by atoms with Crippen molar-refractivity contribution < 1.29 is 14.2 Å². The first-order valence-electron chi connectivity index (χ1n) is 8.63. The topological polar surface area (TPSA) is 45.5 Å². The lowest BCUT2D eigenvalue weighted by Crippen LogP contribution is -1.96. The summed E-state index contributed by atoms with van der Waals surface area (Å²) in [7, 11) is 1.78. The van der Waals surface area contributed by atoms with E-state index in [2.05, 4.69) is 11.0 Å². The quantitative estimate of drug-likeness (QED) is 0.339. The van der Waals surface area contributed by atoms with Gasteiger partial charge in [0, 0.05) is 7.05 Å². The zero-order valence-electron chi connectivity index (χ0n) is 16.1. The highest BCUT2D eigenvalue weighted by Crippen LogP contribution is 2.30. The Bertz CT molecular complexity index is 1070. The van der Waals surface area contributed by atoms with Gasteiger partial charge in [-0.15, -0.1) is 6.42 Å². The highest BCUT2D eigenvalue weighted by Gasteiger charge is 2.13. The first-order chi connectivity index (χ1) is 13.9. The molecule has 0 N–H and O–H groups in total. The summed E-state index contributed by atoms with van der Waals surface area (Å²) < 4.78 is 18.9. The van der Waals surface area contributed by atoms with Crippen molar-refractivity contribution in [3.63, 3.8) is 0 Å². The molecule has 29 heavy (non-hydrogen) atoms. The van der Waals surface area contributed by atoms with E-state index in [-0.39, 0.29) is 4.49 Å². The molecule has 0 saturated carbocycles. The highest BCUT2D eigenvalue weighted by atomic mass is 35.5. The number of ether oxygens (including phenoxy) is 3. The average Bonchev–Trinajstić information content (AvgIpc) is 2.97. The van der Waals surface area contributed by atoms with Crippen LogP contribution in [0.15, 0.2) is 58.8 Å². The first-order valence-corrected chi connectivity index (χ1v) is 9.38. The molecule has 0 atom stereocenters. The minimum absolute atomic E-state index is 0.0864. The van der Waals surface area contributed by atoms with Crippen LogP contribution in [0.5, 0.6) is 28.9 Å². The molecule has 7 heteroatoms. The van der Waals surface area contributed by atoms with Gasteiger partial charge >= 0.3 is 0 Å². The van der Waals surface area contributed by atoms with Gasteiger partial charge in [0.1, 0.15) is 38.8 Å². The number of halogens is 2. The molecule has 3 aromatic rings. The second-order valence-electron chi connectivity index (χ2n) is 6.10. The van der Waals surface area contributed by atoms with Crippen LogP contribution in [0.25, 0.3) is 0 Å². The van der Waals surface area contributed by atoms with Gasteiger partial charge in [0.15, 0.2) is 0 Å². The van der Waals surface area contributed by atoms with Gasteiger partial charge in [0.25, 0.3) is 0 Å². The molecule has 0 aliphatic carbocycles. The minimum atomic E-state index is 0.0864. The molecular formula is C22H18Cl2N2O3. The largest absolute Gasteiger partial charge is 0.460 e. The van der Waals surface area contributed by atoms with E-state index in [0.29, 0.717) is 40.2 Å². The van der Waals surface area contributed by atoms with E-state index in [1.165, 1.54) is 0 Å². The van der Waals surface area contributed by atoms with Gasteiger partial charge in [-0.1, -0.05) is 29.1 Å². The smallest absolute Gasteiger partial charge is 0.233 e. The summed E-state index contributed by atoms with van der Waals surface area (Å²) in [5.41, 5.74) is 1.38. The van der Waals surface area contributed by atoms with Crippen LogP contribution in [-0.4, -0.2) is 9.78 Å². The summed E-state index contributed by atoms with van der Waals surface area (Å²) in [6, 6.07) is 14.3. The third-order valence-electron chi connectivity index (χ3n) is 3.95. The second-order valence-corrected chi connectivity index (χ2v) is 7.05. The Morgan fingerprint density at radius 2 is 1.41 bits per heavy atom. The van der Waals surface area contributed by atoms with E-state index in [4.69, 9.17) is 43.8 Å². The highest BCUT2D eigenvalue weighted by molar-refractivity contribution is 6.56. The van der Waals surface area contributed by atoms with Crippen molar-refractivity contribution in [3.05, 3.63) is 70.0 Å². The van der Waals surface area contributed by atoms with Gasteiger partial charge in [-0.2, -0.15) is 5.10 Å². The average molecular weight is 429 g/mol. The predicted octanol–water partition coefficient (Wildman–Crippen LogP) is 6.34. The maximum Gasteiger partial charge on any atom is 0.233 e. The fraction of sp³-hybridized carbons (Fsp3) is 0.136. The molecule has 3 rings (SSSR count). The van der Waals surface area contributed by atoms with Crippen LogP contribution in [0.4, 0.5) is 0 Å². The van der Waals surface area contributed by atoms with Gasteiger partial charge < -0.3 is 14.2 Å². The number of aromatic nitrogens is 2. The van der Waals surface area contributed by atoms with Crippen LogP contribution in [0.1, 0.15) is 18.2 Å². The van der Waals surface area contributed by atoms with Gasteiger partial charge in [0.2, 0.25) is 5.88 Å². The van der Waals surface area contributed by atoms with Gasteiger partial charge in [-0.25, -0.2) is 4.68 Å². The van der Waals surface area contributed by atoms with E-state index >= 15 is 0 Å². The molecule has 148 valence electrons. The van der Waals surface area contributed by atoms with Crippen molar-refractivity contribution in [2.45, 2.75) is 13.8 Å². The van der Waals surface area contributed by atoms with E-state index in [1.807, 2.05) is 6.92 Å². The molecule has 1 heterocycles.